The monoisotopic (exact) mass is 363 g/mol. The van der Waals surface area contributed by atoms with E-state index >= 15 is 0 Å². The van der Waals surface area contributed by atoms with Crippen molar-refractivity contribution in [3.63, 3.8) is 0 Å². The number of isocyanates is 1. The Morgan fingerprint density at radius 2 is 2.05 bits per heavy atom. The summed E-state index contributed by atoms with van der Waals surface area (Å²) < 4.78 is 7.14. The minimum atomic E-state index is -0.439. The van der Waals surface area contributed by atoms with Crippen molar-refractivity contribution in [2.24, 2.45) is 10.9 Å². The Balaban J connectivity index is 1.98. The lowest BCUT2D eigenvalue weighted by atomic mass is 9.85. The van der Waals surface area contributed by atoms with Crippen molar-refractivity contribution in [1.29, 1.82) is 0 Å². The number of nitrogens with zero attached hydrogens (tertiary/aromatic N) is 1. The van der Waals surface area contributed by atoms with Crippen molar-refractivity contribution in [3.05, 3.63) is 27.7 Å². The van der Waals surface area contributed by atoms with Crippen molar-refractivity contribution in [1.82, 2.24) is 0 Å². The molecule has 0 atom stereocenters. The number of carbonyl (C=O) groups excluding carboxylic acids is 1. The Bertz CT molecular complexity index is 597. The fourth-order valence-corrected chi connectivity index (χ4v) is 4.26. The predicted molar refractivity (Wildman–Crippen MR) is 90.0 cm³/mol. The van der Waals surface area contributed by atoms with Crippen LogP contribution in [0.25, 0.3) is 0 Å². The molecule has 0 N–H and O–H groups in total. The minimum absolute atomic E-state index is 0.439. The topological polar surface area (TPSA) is 38.7 Å². The van der Waals surface area contributed by atoms with Gasteiger partial charge in [-0.15, -0.1) is 0 Å². The van der Waals surface area contributed by atoms with Crippen LogP contribution in [-0.4, -0.2) is 12.7 Å². The van der Waals surface area contributed by atoms with Crippen molar-refractivity contribution >= 4 is 22.0 Å². The number of benzene rings is 1. The Labute approximate surface area is 140 Å². The lowest BCUT2D eigenvalue weighted by Crippen LogP contribution is -2.24. The van der Waals surface area contributed by atoms with Crippen LogP contribution < -0.4 is 4.74 Å². The molecular formula is C18H22BrNO2. The van der Waals surface area contributed by atoms with Gasteiger partial charge in [0.15, 0.2) is 0 Å². The highest BCUT2D eigenvalue weighted by molar-refractivity contribution is 9.10. The number of hydrogen-bond acceptors (Lipinski definition) is 3. The Morgan fingerprint density at radius 1 is 1.32 bits per heavy atom. The Kier molecular flexibility index (Phi) is 4.70. The number of halogens is 1. The predicted octanol–water partition coefficient (Wildman–Crippen LogP) is 5.04. The highest BCUT2D eigenvalue weighted by Crippen LogP contribution is 2.48. The molecular weight excluding hydrogens is 342 g/mol. The quantitative estimate of drug-likeness (QED) is 0.542. The maximum absolute atomic E-state index is 11.0. The summed E-state index contributed by atoms with van der Waals surface area (Å²) in [4.78, 5) is 15.2. The molecule has 1 aromatic carbocycles. The van der Waals surface area contributed by atoms with Gasteiger partial charge in [0.1, 0.15) is 11.3 Å². The summed E-state index contributed by atoms with van der Waals surface area (Å²) >= 11 is 3.65. The summed E-state index contributed by atoms with van der Waals surface area (Å²) in [6.07, 6.45) is 9.64. The average molecular weight is 364 g/mol. The number of ether oxygens (including phenoxy) is 1. The summed E-state index contributed by atoms with van der Waals surface area (Å²) in [5.41, 5.74) is 1.77. The number of aryl methyl sites for hydroxylation is 1. The molecule has 0 saturated heterocycles. The van der Waals surface area contributed by atoms with Gasteiger partial charge in [-0.3, -0.25) is 0 Å². The smallest absolute Gasteiger partial charge is 0.235 e. The van der Waals surface area contributed by atoms with Gasteiger partial charge in [0.2, 0.25) is 6.08 Å². The van der Waals surface area contributed by atoms with Crippen LogP contribution in [0, 0.1) is 12.8 Å². The molecule has 0 bridgehead atoms. The molecule has 2 fully saturated rings. The molecule has 2 saturated carbocycles. The van der Waals surface area contributed by atoms with Gasteiger partial charge in [0.25, 0.3) is 0 Å². The fraction of sp³-hybridized carbons (Fsp3) is 0.611. The molecule has 4 heteroatoms. The molecule has 0 heterocycles. The maximum atomic E-state index is 11.0. The number of hydrogen-bond donors (Lipinski definition) is 0. The summed E-state index contributed by atoms with van der Waals surface area (Å²) in [7, 11) is 0. The van der Waals surface area contributed by atoms with Crippen LogP contribution in [0.1, 0.15) is 56.1 Å². The standard InChI is InChI=1S/C18H22BrNO2/c1-13-9-15(18(20-12-21)7-2-3-8-18)17(16(19)10-13)22-11-14-5-4-6-14/h9-10,14H,2-8,11H2,1H3. The molecule has 2 aliphatic rings. The van der Waals surface area contributed by atoms with E-state index in [4.69, 9.17) is 4.74 Å². The van der Waals surface area contributed by atoms with E-state index in [0.717, 1.165) is 53.6 Å². The first-order chi connectivity index (χ1) is 10.6. The van der Waals surface area contributed by atoms with Crippen molar-refractivity contribution < 1.29 is 9.53 Å². The van der Waals surface area contributed by atoms with Gasteiger partial charge in [-0.2, -0.15) is 4.99 Å². The molecule has 0 spiro atoms. The van der Waals surface area contributed by atoms with E-state index < -0.39 is 5.54 Å². The highest BCUT2D eigenvalue weighted by atomic mass is 79.9. The van der Waals surface area contributed by atoms with Gasteiger partial charge in [-0.05, 0) is 72.2 Å². The third-order valence-electron chi connectivity index (χ3n) is 5.07. The lowest BCUT2D eigenvalue weighted by molar-refractivity contribution is 0.176. The molecule has 3 rings (SSSR count). The molecule has 22 heavy (non-hydrogen) atoms. The van der Waals surface area contributed by atoms with E-state index in [-0.39, 0.29) is 0 Å². The van der Waals surface area contributed by atoms with Crippen LogP contribution in [0.2, 0.25) is 0 Å². The molecule has 0 aromatic heterocycles. The van der Waals surface area contributed by atoms with E-state index in [2.05, 4.69) is 40.0 Å². The molecule has 0 amide bonds. The van der Waals surface area contributed by atoms with Gasteiger partial charge >= 0.3 is 0 Å². The minimum Gasteiger partial charge on any atom is -0.492 e. The lowest BCUT2D eigenvalue weighted by Gasteiger charge is -2.30. The maximum Gasteiger partial charge on any atom is 0.235 e. The van der Waals surface area contributed by atoms with Crippen LogP contribution in [0.4, 0.5) is 0 Å². The van der Waals surface area contributed by atoms with Gasteiger partial charge in [0.05, 0.1) is 11.1 Å². The highest BCUT2D eigenvalue weighted by Gasteiger charge is 2.39. The average Bonchev–Trinajstić information content (AvgIpc) is 2.89. The first-order valence-electron chi connectivity index (χ1n) is 8.17. The van der Waals surface area contributed by atoms with Crippen LogP contribution in [0.3, 0.4) is 0 Å². The third kappa shape index (κ3) is 3.00. The zero-order chi connectivity index (χ0) is 15.6. The second-order valence-corrected chi connectivity index (χ2v) is 7.53. The van der Waals surface area contributed by atoms with Gasteiger partial charge in [-0.25, -0.2) is 4.79 Å². The third-order valence-corrected chi connectivity index (χ3v) is 5.66. The Morgan fingerprint density at radius 3 is 2.64 bits per heavy atom. The van der Waals surface area contributed by atoms with Crippen LogP contribution in [-0.2, 0) is 10.3 Å². The van der Waals surface area contributed by atoms with Crippen LogP contribution in [0.5, 0.6) is 5.75 Å². The molecule has 0 radical (unpaired) electrons. The molecule has 1 aromatic rings. The zero-order valence-electron chi connectivity index (χ0n) is 13.0. The number of aliphatic imine (C=N–C) groups is 1. The SMILES string of the molecule is Cc1cc(Br)c(OCC2CCC2)c(C2(N=C=O)CCCC2)c1. The summed E-state index contributed by atoms with van der Waals surface area (Å²) in [6.45, 7) is 2.83. The fourth-order valence-electron chi connectivity index (χ4n) is 3.57. The van der Waals surface area contributed by atoms with E-state index in [1.54, 1.807) is 6.08 Å². The van der Waals surface area contributed by atoms with Crippen LogP contribution in [0.15, 0.2) is 21.6 Å². The normalized spacial score (nSPS) is 20.3. The summed E-state index contributed by atoms with van der Waals surface area (Å²) in [5.74, 6) is 1.55. The molecule has 0 aliphatic heterocycles. The summed E-state index contributed by atoms with van der Waals surface area (Å²) in [5, 5.41) is 0. The van der Waals surface area contributed by atoms with E-state index in [9.17, 15) is 4.79 Å². The van der Waals surface area contributed by atoms with E-state index in [1.807, 2.05) is 0 Å². The van der Waals surface area contributed by atoms with Gasteiger partial charge in [-0.1, -0.05) is 19.3 Å². The van der Waals surface area contributed by atoms with E-state index in [0.29, 0.717) is 5.92 Å². The molecule has 0 unspecified atom stereocenters. The Hall–Kier alpha value is -1.12. The number of rotatable bonds is 5. The van der Waals surface area contributed by atoms with Crippen molar-refractivity contribution in [3.8, 4) is 5.75 Å². The second kappa shape index (κ2) is 6.55. The van der Waals surface area contributed by atoms with Gasteiger partial charge < -0.3 is 4.74 Å². The molecule has 2 aliphatic carbocycles. The molecule has 118 valence electrons. The van der Waals surface area contributed by atoms with Crippen molar-refractivity contribution in [2.75, 3.05) is 6.61 Å². The van der Waals surface area contributed by atoms with Crippen molar-refractivity contribution in [2.45, 2.75) is 57.4 Å². The van der Waals surface area contributed by atoms with Crippen LogP contribution >= 0.6 is 15.9 Å². The second-order valence-electron chi connectivity index (χ2n) is 6.67. The largest absolute Gasteiger partial charge is 0.492 e. The first-order valence-corrected chi connectivity index (χ1v) is 8.96. The van der Waals surface area contributed by atoms with Gasteiger partial charge in [0, 0.05) is 5.56 Å². The van der Waals surface area contributed by atoms with E-state index in [1.165, 1.54) is 19.3 Å². The summed E-state index contributed by atoms with van der Waals surface area (Å²) in [6, 6.07) is 4.21. The zero-order valence-corrected chi connectivity index (χ0v) is 14.6. The molecule has 3 nitrogen and oxygen atoms in total. The first kappa shape index (κ1) is 15.8.